The molecule has 2 nitrogen and oxygen atoms in total. The second-order valence-electron chi connectivity index (χ2n) is 6.64. The average Bonchev–Trinajstić information content (AvgIpc) is 2.49. The third kappa shape index (κ3) is 3.23. The molecule has 1 fully saturated rings. The lowest BCUT2D eigenvalue weighted by Crippen LogP contribution is -2.40. The van der Waals surface area contributed by atoms with Crippen LogP contribution in [-0.2, 0) is 0 Å². The van der Waals surface area contributed by atoms with Gasteiger partial charge in [-0.15, -0.1) is 0 Å². The fraction of sp³-hybridized carbons (Fsp3) is 0.667. The number of anilines is 1. The zero-order valence-corrected chi connectivity index (χ0v) is 13.9. The van der Waals surface area contributed by atoms with Gasteiger partial charge in [-0.3, -0.25) is 0 Å². The number of aryl methyl sites for hydroxylation is 1. The number of hydrogen-bond donors (Lipinski definition) is 1. The van der Waals surface area contributed by atoms with Crippen LogP contribution in [0.1, 0.15) is 63.6 Å². The molecule has 1 heterocycles. The topological polar surface area (TPSA) is 29.3 Å². The summed E-state index contributed by atoms with van der Waals surface area (Å²) in [6, 6.07) is 3.45. The summed E-state index contributed by atoms with van der Waals surface area (Å²) in [6.45, 7) is 10.5. The predicted octanol–water partition coefficient (Wildman–Crippen LogP) is 4.56. The molecule has 0 saturated carbocycles. The molecule has 0 aliphatic carbocycles. The third-order valence-corrected chi connectivity index (χ3v) is 5.46. The molecule has 21 heavy (non-hydrogen) atoms. The third-order valence-electron chi connectivity index (χ3n) is 5.46. The molecular weight excluding hydrogens is 263 g/mol. The van der Waals surface area contributed by atoms with Crippen molar-refractivity contribution < 1.29 is 4.39 Å². The maximum atomic E-state index is 13.8. The van der Waals surface area contributed by atoms with Crippen LogP contribution in [0.5, 0.6) is 0 Å². The maximum Gasteiger partial charge on any atom is 0.126 e. The lowest BCUT2D eigenvalue weighted by Gasteiger charge is -2.42. The molecule has 0 bridgehead atoms. The monoisotopic (exact) mass is 292 g/mol. The van der Waals surface area contributed by atoms with Crippen LogP contribution >= 0.6 is 0 Å². The first-order valence-corrected chi connectivity index (χ1v) is 8.23. The Morgan fingerprint density at radius 1 is 1.24 bits per heavy atom. The summed E-state index contributed by atoms with van der Waals surface area (Å²) in [4.78, 5) is 2.40. The summed E-state index contributed by atoms with van der Waals surface area (Å²) in [5.74, 6) is -0.153. The smallest absolute Gasteiger partial charge is 0.126 e. The summed E-state index contributed by atoms with van der Waals surface area (Å²) in [7, 11) is 0. The van der Waals surface area contributed by atoms with Crippen molar-refractivity contribution >= 4 is 5.69 Å². The molecular formula is C18H29FN2. The molecule has 1 atom stereocenters. The molecule has 0 spiro atoms. The zero-order valence-electron chi connectivity index (χ0n) is 13.9. The van der Waals surface area contributed by atoms with E-state index in [4.69, 9.17) is 5.73 Å². The minimum absolute atomic E-state index is 0.140. The number of halogens is 1. The Hall–Kier alpha value is -1.09. The van der Waals surface area contributed by atoms with Crippen molar-refractivity contribution in [3.63, 3.8) is 0 Å². The standard InChI is InChI=1S/C18H29FN2/c1-5-18(6-2)7-9-21(10-8-18)17-11-13(3)16(19)12-15(17)14(4)20/h11-12,14H,5-10,20H2,1-4H3/t14-/m1/s1. The lowest BCUT2D eigenvalue weighted by atomic mass is 9.74. The highest BCUT2D eigenvalue weighted by molar-refractivity contribution is 5.57. The highest BCUT2D eigenvalue weighted by Crippen LogP contribution is 2.40. The Balaban J connectivity index is 2.26. The van der Waals surface area contributed by atoms with Gasteiger partial charge in [0.2, 0.25) is 0 Å². The Bertz CT molecular complexity index is 482. The number of piperidine rings is 1. The summed E-state index contributed by atoms with van der Waals surface area (Å²) >= 11 is 0. The molecule has 0 aromatic heterocycles. The van der Waals surface area contributed by atoms with Crippen LogP contribution in [0, 0.1) is 18.2 Å². The summed E-state index contributed by atoms with van der Waals surface area (Å²) in [5.41, 5.74) is 9.32. The lowest BCUT2D eigenvalue weighted by molar-refractivity contribution is 0.199. The van der Waals surface area contributed by atoms with E-state index >= 15 is 0 Å². The summed E-state index contributed by atoms with van der Waals surface area (Å²) < 4.78 is 13.8. The highest BCUT2D eigenvalue weighted by Gasteiger charge is 2.32. The van der Waals surface area contributed by atoms with Gasteiger partial charge < -0.3 is 10.6 Å². The van der Waals surface area contributed by atoms with Gasteiger partial charge in [-0.2, -0.15) is 0 Å². The van der Waals surface area contributed by atoms with Gasteiger partial charge in [0, 0.05) is 24.8 Å². The van der Waals surface area contributed by atoms with Crippen LogP contribution in [0.15, 0.2) is 12.1 Å². The van der Waals surface area contributed by atoms with E-state index in [1.54, 1.807) is 6.07 Å². The van der Waals surface area contributed by atoms with Gasteiger partial charge in [0.25, 0.3) is 0 Å². The minimum atomic E-state index is -0.153. The molecule has 1 aliphatic rings. The molecule has 3 heteroatoms. The second kappa shape index (κ2) is 6.35. The van der Waals surface area contributed by atoms with Crippen LogP contribution in [0.2, 0.25) is 0 Å². The molecule has 118 valence electrons. The van der Waals surface area contributed by atoms with E-state index in [-0.39, 0.29) is 11.9 Å². The first kappa shape index (κ1) is 16.3. The van der Waals surface area contributed by atoms with E-state index in [1.165, 1.54) is 25.7 Å². The van der Waals surface area contributed by atoms with E-state index in [0.717, 1.165) is 24.3 Å². The Labute approximate surface area is 128 Å². The summed E-state index contributed by atoms with van der Waals surface area (Å²) in [6.07, 6.45) is 4.93. The van der Waals surface area contributed by atoms with Crippen LogP contribution < -0.4 is 10.6 Å². The Morgan fingerprint density at radius 3 is 2.29 bits per heavy atom. The van der Waals surface area contributed by atoms with Crippen molar-refractivity contribution in [1.29, 1.82) is 0 Å². The number of nitrogens with two attached hydrogens (primary N) is 1. The first-order chi connectivity index (χ1) is 9.92. The van der Waals surface area contributed by atoms with E-state index < -0.39 is 0 Å². The van der Waals surface area contributed by atoms with Gasteiger partial charge in [-0.05, 0) is 55.4 Å². The molecule has 1 aliphatic heterocycles. The van der Waals surface area contributed by atoms with Crippen molar-refractivity contribution in [1.82, 2.24) is 0 Å². The second-order valence-corrected chi connectivity index (χ2v) is 6.64. The SMILES string of the molecule is CCC1(CC)CCN(c2cc(C)c(F)cc2[C@@H](C)N)CC1. The number of hydrogen-bond acceptors (Lipinski definition) is 2. The number of nitrogens with zero attached hydrogens (tertiary/aromatic N) is 1. The van der Waals surface area contributed by atoms with Gasteiger partial charge >= 0.3 is 0 Å². The van der Waals surface area contributed by atoms with E-state index in [9.17, 15) is 4.39 Å². The quantitative estimate of drug-likeness (QED) is 0.881. The van der Waals surface area contributed by atoms with E-state index in [0.29, 0.717) is 11.0 Å². The molecule has 0 radical (unpaired) electrons. The van der Waals surface area contributed by atoms with Crippen LogP contribution in [0.3, 0.4) is 0 Å². The average molecular weight is 292 g/mol. The predicted molar refractivity (Wildman–Crippen MR) is 88.2 cm³/mol. The highest BCUT2D eigenvalue weighted by atomic mass is 19.1. The van der Waals surface area contributed by atoms with E-state index in [1.807, 2.05) is 19.9 Å². The van der Waals surface area contributed by atoms with E-state index in [2.05, 4.69) is 18.7 Å². The largest absolute Gasteiger partial charge is 0.371 e. The molecule has 2 rings (SSSR count). The molecule has 2 N–H and O–H groups in total. The fourth-order valence-corrected chi connectivity index (χ4v) is 3.50. The van der Waals surface area contributed by atoms with Gasteiger partial charge in [0.05, 0.1) is 0 Å². The zero-order chi connectivity index (χ0) is 15.6. The van der Waals surface area contributed by atoms with Gasteiger partial charge in [0.15, 0.2) is 0 Å². The number of rotatable bonds is 4. The normalized spacial score (nSPS) is 19.6. The molecule has 0 unspecified atom stereocenters. The van der Waals surface area contributed by atoms with Crippen molar-refractivity contribution in [3.8, 4) is 0 Å². The van der Waals surface area contributed by atoms with Crippen LogP contribution in [0.25, 0.3) is 0 Å². The van der Waals surface area contributed by atoms with Crippen molar-refractivity contribution in [3.05, 3.63) is 29.1 Å². The minimum Gasteiger partial charge on any atom is -0.371 e. The van der Waals surface area contributed by atoms with Gasteiger partial charge in [-0.25, -0.2) is 4.39 Å². The molecule has 1 saturated heterocycles. The van der Waals surface area contributed by atoms with Crippen molar-refractivity contribution in [2.45, 2.75) is 59.4 Å². The number of benzene rings is 1. The van der Waals surface area contributed by atoms with Crippen LogP contribution in [-0.4, -0.2) is 13.1 Å². The molecule has 1 aromatic rings. The van der Waals surface area contributed by atoms with Crippen LogP contribution in [0.4, 0.5) is 10.1 Å². The van der Waals surface area contributed by atoms with Gasteiger partial charge in [0.1, 0.15) is 5.82 Å². The molecule has 0 amide bonds. The fourth-order valence-electron chi connectivity index (χ4n) is 3.50. The summed E-state index contributed by atoms with van der Waals surface area (Å²) in [5, 5.41) is 0. The Kier molecular flexibility index (Phi) is 4.92. The molecule has 1 aromatic carbocycles. The van der Waals surface area contributed by atoms with Crippen molar-refractivity contribution in [2.75, 3.05) is 18.0 Å². The first-order valence-electron chi connectivity index (χ1n) is 8.23. The van der Waals surface area contributed by atoms with Crippen molar-refractivity contribution in [2.24, 2.45) is 11.1 Å². The Morgan fingerprint density at radius 2 is 1.81 bits per heavy atom. The van der Waals surface area contributed by atoms with Gasteiger partial charge in [-0.1, -0.05) is 26.7 Å². The maximum absolute atomic E-state index is 13.8.